The molecule has 6 heteroatoms. The summed E-state index contributed by atoms with van der Waals surface area (Å²) in [5.74, 6) is -0.245. The van der Waals surface area contributed by atoms with Crippen molar-refractivity contribution in [3.05, 3.63) is 59.1 Å². The third kappa shape index (κ3) is 3.04. The summed E-state index contributed by atoms with van der Waals surface area (Å²) >= 11 is 5.89. The second kappa shape index (κ2) is 6.07. The molecular weight excluding hydrogens is 302 g/mol. The van der Waals surface area contributed by atoms with Crippen LogP contribution < -0.4 is 15.5 Å². The zero-order valence-corrected chi connectivity index (χ0v) is 12.4. The summed E-state index contributed by atoms with van der Waals surface area (Å²) in [5, 5.41) is 6.06. The summed E-state index contributed by atoms with van der Waals surface area (Å²) in [6.45, 7) is 1.24. The van der Waals surface area contributed by atoms with Gasteiger partial charge in [0, 0.05) is 35.1 Å². The number of halogens is 1. The number of carbonyl (C=O) groups excluding carboxylic acids is 2. The topological polar surface area (TPSA) is 61.4 Å². The van der Waals surface area contributed by atoms with Crippen LogP contribution in [0.1, 0.15) is 10.4 Å². The van der Waals surface area contributed by atoms with E-state index in [1.807, 2.05) is 6.07 Å². The highest BCUT2D eigenvalue weighted by atomic mass is 35.5. The van der Waals surface area contributed by atoms with Crippen LogP contribution in [-0.4, -0.2) is 25.0 Å². The third-order valence-electron chi connectivity index (χ3n) is 3.36. The highest BCUT2D eigenvalue weighted by Crippen LogP contribution is 2.21. The lowest BCUT2D eigenvalue weighted by Gasteiger charge is -2.15. The molecule has 1 aliphatic rings. The van der Waals surface area contributed by atoms with Crippen molar-refractivity contribution in [3.63, 3.8) is 0 Å². The van der Waals surface area contributed by atoms with Gasteiger partial charge in [-0.25, -0.2) is 4.79 Å². The van der Waals surface area contributed by atoms with Crippen molar-refractivity contribution in [1.29, 1.82) is 0 Å². The lowest BCUT2D eigenvalue weighted by Crippen LogP contribution is -2.27. The summed E-state index contributed by atoms with van der Waals surface area (Å²) < 4.78 is 0. The Morgan fingerprint density at radius 1 is 1.18 bits per heavy atom. The van der Waals surface area contributed by atoms with Crippen molar-refractivity contribution >= 4 is 34.9 Å². The number of urea groups is 1. The Bertz CT molecular complexity index is 733. The van der Waals surface area contributed by atoms with Crippen molar-refractivity contribution in [2.45, 2.75) is 0 Å². The molecule has 1 saturated heterocycles. The number of rotatable bonds is 3. The van der Waals surface area contributed by atoms with E-state index in [2.05, 4.69) is 10.6 Å². The minimum atomic E-state index is -0.245. The van der Waals surface area contributed by atoms with Gasteiger partial charge in [-0.05, 0) is 36.4 Å². The maximum Gasteiger partial charge on any atom is 0.321 e. The number of hydrogen-bond donors (Lipinski definition) is 2. The Hall–Kier alpha value is -2.53. The van der Waals surface area contributed by atoms with E-state index < -0.39 is 0 Å². The minimum absolute atomic E-state index is 0.127. The highest BCUT2D eigenvalue weighted by Gasteiger charge is 2.21. The molecule has 1 fully saturated rings. The molecule has 0 aliphatic carbocycles. The molecule has 3 rings (SSSR count). The van der Waals surface area contributed by atoms with Gasteiger partial charge in [0.05, 0.1) is 0 Å². The summed E-state index contributed by atoms with van der Waals surface area (Å²) in [6.07, 6.45) is 0. The van der Waals surface area contributed by atoms with Gasteiger partial charge in [-0.1, -0.05) is 23.7 Å². The van der Waals surface area contributed by atoms with Gasteiger partial charge < -0.3 is 10.6 Å². The van der Waals surface area contributed by atoms with E-state index in [0.717, 1.165) is 5.69 Å². The Balaban J connectivity index is 1.78. The van der Waals surface area contributed by atoms with Crippen LogP contribution >= 0.6 is 11.6 Å². The molecule has 2 aromatic carbocycles. The quantitative estimate of drug-likeness (QED) is 0.914. The monoisotopic (exact) mass is 315 g/mol. The minimum Gasteiger partial charge on any atom is -0.336 e. The first-order chi connectivity index (χ1) is 10.6. The van der Waals surface area contributed by atoms with Gasteiger partial charge in [0.1, 0.15) is 0 Å². The number of nitrogens with zero attached hydrogens (tertiary/aromatic N) is 1. The predicted molar refractivity (Wildman–Crippen MR) is 86.6 cm³/mol. The van der Waals surface area contributed by atoms with Crippen LogP contribution in [0.5, 0.6) is 0 Å². The Labute approximate surface area is 132 Å². The van der Waals surface area contributed by atoms with Crippen molar-refractivity contribution in [3.8, 4) is 0 Å². The molecule has 0 saturated carbocycles. The van der Waals surface area contributed by atoms with Crippen molar-refractivity contribution in [1.82, 2.24) is 5.32 Å². The average Bonchev–Trinajstić information content (AvgIpc) is 2.94. The van der Waals surface area contributed by atoms with Gasteiger partial charge in [-0.15, -0.1) is 0 Å². The van der Waals surface area contributed by atoms with Gasteiger partial charge in [-0.2, -0.15) is 0 Å². The SMILES string of the molecule is O=C(Nc1cccc(N2CCNC2=O)c1)c1cccc(Cl)c1. The molecular formula is C16H14ClN3O2. The standard InChI is InChI=1S/C16H14ClN3O2/c17-12-4-1-3-11(9-12)15(21)19-13-5-2-6-14(10-13)20-8-7-18-16(20)22/h1-6,9-10H,7-8H2,(H,18,22)(H,19,21). The van der Waals surface area contributed by atoms with Crippen LogP contribution in [0, 0.1) is 0 Å². The lowest BCUT2D eigenvalue weighted by atomic mass is 10.2. The maximum atomic E-state index is 12.2. The molecule has 0 spiro atoms. The smallest absolute Gasteiger partial charge is 0.321 e. The molecule has 1 aliphatic heterocycles. The highest BCUT2D eigenvalue weighted by molar-refractivity contribution is 6.31. The number of nitrogens with one attached hydrogen (secondary N) is 2. The maximum absolute atomic E-state index is 12.2. The molecule has 0 unspecified atom stereocenters. The first-order valence-electron chi connectivity index (χ1n) is 6.86. The molecule has 112 valence electrons. The Morgan fingerprint density at radius 2 is 2.00 bits per heavy atom. The van der Waals surface area contributed by atoms with Crippen LogP contribution in [0.4, 0.5) is 16.2 Å². The second-order valence-electron chi connectivity index (χ2n) is 4.90. The number of hydrogen-bond acceptors (Lipinski definition) is 2. The fraction of sp³-hybridized carbons (Fsp3) is 0.125. The van der Waals surface area contributed by atoms with E-state index in [9.17, 15) is 9.59 Å². The number of carbonyl (C=O) groups is 2. The number of amides is 3. The molecule has 0 radical (unpaired) electrons. The molecule has 3 amide bonds. The van der Waals surface area contributed by atoms with E-state index in [0.29, 0.717) is 29.4 Å². The molecule has 5 nitrogen and oxygen atoms in total. The van der Waals surface area contributed by atoms with Crippen molar-refractivity contribution in [2.24, 2.45) is 0 Å². The Morgan fingerprint density at radius 3 is 2.73 bits per heavy atom. The van der Waals surface area contributed by atoms with E-state index >= 15 is 0 Å². The first kappa shape index (κ1) is 14.4. The summed E-state index contributed by atoms with van der Waals surface area (Å²) in [7, 11) is 0. The fourth-order valence-electron chi connectivity index (χ4n) is 2.30. The van der Waals surface area contributed by atoms with E-state index in [1.54, 1.807) is 47.4 Å². The largest absolute Gasteiger partial charge is 0.336 e. The fourth-order valence-corrected chi connectivity index (χ4v) is 2.49. The Kier molecular flexibility index (Phi) is 3.98. The molecule has 0 bridgehead atoms. The van der Waals surface area contributed by atoms with E-state index in [-0.39, 0.29) is 11.9 Å². The van der Waals surface area contributed by atoms with Gasteiger partial charge >= 0.3 is 6.03 Å². The van der Waals surface area contributed by atoms with E-state index in [4.69, 9.17) is 11.6 Å². The van der Waals surface area contributed by atoms with Gasteiger partial charge in [-0.3, -0.25) is 9.69 Å². The van der Waals surface area contributed by atoms with Gasteiger partial charge in [0.25, 0.3) is 5.91 Å². The zero-order valence-electron chi connectivity index (χ0n) is 11.7. The second-order valence-corrected chi connectivity index (χ2v) is 5.33. The number of anilines is 2. The average molecular weight is 316 g/mol. The van der Waals surface area contributed by atoms with Crippen LogP contribution in [0.2, 0.25) is 5.02 Å². The molecule has 2 aromatic rings. The third-order valence-corrected chi connectivity index (χ3v) is 3.59. The summed E-state index contributed by atoms with van der Waals surface area (Å²) in [6, 6.07) is 13.8. The van der Waals surface area contributed by atoms with Crippen LogP contribution in [0.15, 0.2) is 48.5 Å². The lowest BCUT2D eigenvalue weighted by molar-refractivity contribution is 0.102. The summed E-state index contributed by atoms with van der Waals surface area (Å²) in [4.78, 5) is 25.5. The molecule has 22 heavy (non-hydrogen) atoms. The van der Waals surface area contributed by atoms with Gasteiger partial charge in [0.2, 0.25) is 0 Å². The zero-order chi connectivity index (χ0) is 15.5. The van der Waals surface area contributed by atoms with Crippen LogP contribution in [0.3, 0.4) is 0 Å². The van der Waals surface area contributed by atoms with Gasteiger partial charge in [0.15, 0.2) is 0 Å². The molecule has 0 aromatic heterocycles. The molecule has 0 atom stereocenters. The normalized spacial score (nSPS) is 13.9. The van der Waals surface area contributed by atoms with Crippen molar-refractivity contribution < 1.29 is 9.59 Å². The van der Waals surface area contributed by atoms with Crippen LogP contribution in [0.25, 0.3) is 0 Å². The summed E-state index contributed by atoms with van der Waals surface area (Å²) in [5.41, 5.74) is 1.86. The van der Waals surface area contributed by atoms with Crippen LogP contribution in [-0.2, 0) is 0 Å². The first-order valence-corrected chi connectivity index (χ1v) is 7.23. The van der Waals surface area contributed by atoms with Crippen molar-refractivity contribution in [2.75, 3.05) is 23.3 Å². The molecule has 2 N–H and O–H groups in total. The van der Waals surface area contributed by atoms with E-state index in [1.165, 1.54) is 0 Å². The predicted octanol–water partition coefficient (Wildman–Crippen LogP) is 3.12. The number of benzene rings is 2. The molecule has 1 heterocycles.